The zero-order chi connectivity index (χ0) is 19.1. The Labute approximate surface area is 157 Å². The molecule has 0 aliphatic rings. The van der Waals surface area contributed by atoms with Crippen molar-refractivity contribution in [1.29, 1.82) is 0 Å². The van der Waals surface area contributed by atoms with Gasteiger partial charge in [-0.25, -0.2) is 4.79 Å². The zero-order valence-electron chi connectivity index (χ0n) is 15.0. The van der Waals surface area contributed by atoms with Crippen molar-refractivity contribution >= 4 is 23.5 Å². The van der Waals surface area contributed by atoms with Gasteiger partial charge in [0, 0.05) is 23.4 Å². The Morgan fingerprint density at radius 2 is 1.96 bits per heavy atom. The molecule has 0 saturated carbocycles. The van der Waals surface area contributed by atoms with Crippen LogP contribution in [0.2, 0.25) is 5.02 Å². The highest BCUT2D eigenvalue weighted by Crippen LogP contribution is 2.19. The fourth-order valence-electron chi connectivity index (χ4n) is 2.39. The summed E-state index contributed by atoms with van der Waals surface area (Å²) in [6.07, 6.45) is 0.926. The van der Waals surface area contributed by atoms with E-state index >= 15 is 0 Å². The maximum Gasteiger partial charge on any atom is 0.328 e. The van der Waals surface area contributed by atoms with Crippen LogP contribution in [0.15, 0.2) is 28.8 Å². The lowest BCUT2D eigenvalue weighted by Crippen LogP contribution is -2.42. The fourth-order valence-corrected chi connectivity index (χ4v) is 2.51. The topological polar surface area (TPSA) is 94.3 Å². The first-order valence-corrected chi connectivity index (χ1v) is 8.72. The second-order valence-corrected chi connectivity index (χ2v) is 6.73. The van der Waals surface area contributed by atoms with E-state index in [9.17, 15) is 9.59 Å². The summed E-state index contributed by atoms with van der Waals surface area (Å²) in [6, 6.07) is 6.40. The van der Waals surface area contributed by atoms with Crippen LogP contribution in [0.4, 0.5) is 0 Å². The van der Waals surface area contributed by atoms with E-state index in [2.05, 4.69) is 15.5 Å². The SMILES string of the molecule is COC(=O)[C@H](CC(C)C)NC(=O)CCc1nc(-c2ccc(Cl)cc2)no1. The Kier molecular flexibility index (Phi) is 7.15. The molecular formula is C18H22ClN3O4. The molecule has 0 aliphatic carbocycles. The van der Waals surface area contributed by atoms with Crippen molar-refractivity contribution in [2.45, 2.75) is 39.2 Å². The van der Waals surface area contributed by atoms with Crippen molar-refractivity contribution < 1.29 is 18.8 Å². The standard InChI is InChI=1S/C18H22ClN3O4/c1-11(2)10-14(18(24)25-3)20-15(23)8-9-16-21-17(22-26-16)12-4-6-13(19)7-5-12/h4-7,11,14H,8-10H2,1-3H3,(H,20,23)/t14-/m0/s1. The van der Waals surface area contributed by atoms with E-state index in [0.717, 1.165) is 5.56 Å². The van der Waals surface area contributed by atoms with Crippen LogP contribution >= 0.6 is 11.6 Å². The lowest BCUT2D eigenvalue weighted by atomic mass is 10.0. The quantitative estimate of drug-likeness (QED) is 0.708. The van der Waals surface area contributed by atoms with Crippen molar-refractivity contribution in [2.24, 2.45) is 5.92 Å². The number of aromatic nitrogens is 2. The molecule has 8 heteroatoms. The number of nitrogens with one attached hydrogen (secondary N) is 1. The number of aryl methyl sites for hydroxylation is 1. The normalized spacial score (nSPS) is 12.0. The van der Waals surface area contributed by atoms with Crippen LogP contribution in [0.25, 0.3) is 11.4 Å². The summed E-state index contributed by atoms with van der Waals surface area (Å²) >= 11 is 5.85. The highest BCUT2D eigenvalue weighted by atomic mass is 35.5. The molecule has 7 nitrogen and oxygen atoms in total. The van der Waals surface area contributed by atoms with Gasteiger partial charge in [0.1, 0.15) is 6.04 Å². The van der Waals surface area contributed by atoms with Gasteiger partial charge in [0.2, 0.25) is 17.6 Å². The van der Waals surface area contributed by atoms with Gasteiger partial charge in [-0.15, -0.1) is 0 Å². The Balaban J connectivity index is 1.90. The van der Waals surface area contributed by atoms with Gasteiger partial charge in [0.15, 0.2) is 0 Å². The molecule has 1 aromatic heterocycles. The second kappa shape index (κ2) is 9.33. The van der Waals surface area contributed by atoms with Crippen molar-refractivity contribution in [3.05, 3.63) is 35.2 Å². The first kappa shape index (κ1) is 19.9. The molecule has 1 N–H and O–H groups in total. The molecule has 0 unspecified atom stereocenters. The van der Waals surface area contributed by atoms with E-state index in [1.807, 2.05) is 13.8 Å². The Morgan fingerprint density at radius 1 is 1.27 bits per heavy atom. The van der Waals surface area contributed by atoms with Gasteiger partial charge < -0.3 is 14.6 Å². The van der Waals surface area contributed by atoms with E-state index in [-0.39, 0.29) is 24.7 Å². The average molecular weight is 380 g/mol. The molecule has 0 fully saturated rings. The predicted octanol–water partition coefficient (Wildman–Crippen LogP) is 3.03. The van der Waals surface area contributed by atoms with Crippen LogP contribution in [0.5, 0.6) is 0 Å². The maximum atomic E-state index is 12.1. The Bertz CT molecular complexity index is 743. The lowest BCUT2D eigenvalue weighted by molar-refractivity contribution is -0.145. The summed E-state index contributed by atoms with van der Waals surface area (Å²) in [5.74, 6) is 0.312. The number of esters is 1. The number of amides is 1. The largest absolute Gasteiger partial charge is 0.467 e. The van der Waals surface area contributed by atoms with E-state index < -0.39 is 12.0 Å². The number of hydrogen-bond acceptors (Lipinski definition) is 6. The Morgan fingerprint density at radius 3 is 2.58 bits per heavy atom. The van der Waals surface area contributed by atoms with Gasteiger partial charge in [-0.05, 0) is 36.6 Å². The first-order valence-electron chi connectivity index (χ1n) is 8.34. The van der Waals surface area contributed by atoms with Gasteiger partial charge in [0.25, 0.3) is 0 Å². The number of carbonyl (C=O) groups excluding carboxylic acids is 2. The van der Waals surface area contributed by atoms with Crippen molar-refractivity contribution in [3.63, 3.8) is 0 Å². The van der Waals surface area contributed by atoms with Crippen molar-refractivity contribution in [3.8, 4) is 11.4 Å². The summed E-state index contributed by atoms with van der Waals surface area (Å²) in [7, 11) is 1.30. The van der Waals surface area contributed by atoms with Crippen LogP contribution in [-0.4, -0.2) is 35.2 Å². The molecule has 0 radical (unpaired) electrons. The van der Waals surface area contributed by atoms with E-state index in [0.29, 0.717) is 23.2 Å². The highest BCUT2D eigenvalue weighted by molar-refractivity contribution is 6.30. The van der Waals surface area contributed by atoms with Crippen LogP contribution in [0.1, 0.15) is 32.6 Å². The van der Waals surface area contributed by atoms with E-state index in [4.69, 9.17) is 20.9 Å². The molecule has 140 valence electrons. The summed E-state index contributed by atoms with van der Waals surface area (Å²) in [5.41, 5.74) is 0.775. The number of halogens is 1. The van der Waals surface area contributed by atoms with Crippen molar-refractivity contribution in [1.82, 2.24) is 15.5 Å². The summed E-state index contributed by atoms with van der Waals surface area (Å²) in [6.45, 7) is 3.94. The molecule has 1 heterocycles. The molecule has 0 spiro atoms. The van der Waals surface area contributed by atoms with Crippen molar-refractivity contribution in [2.75, 3.05) is 7.11 Å². The summed E-state index contributed by atoms with van der Waals surface area (Å²) in [5, 5.41) is 7.22. The zero-order valence-corrected chi connectivity index (χ0v) is 15.7. The third kappa shape index (κ3) is 5.84. The monoisotopic (exact) mass is 379 g/mol. The molecule has 2 aromatic rings. The van der Waals surface area contributed by atoms with Gasteiger partial charge in [-0.3, -0.25) is 4.79 Å². The summed E-state index contributed by atoms with van der Waals surface area (Å²) < 4.78 is 9.91. The molecule has 26 heavy (non-hydrogen) atoms. The van der Waals surface area contributed by atoms with E-state index in [1.165, 1.54) is 7.11 Å². The highest BCUT2D eigenvalue weighted by Gasteiger charge is 2.22. The third-order valence-corrected chi connectivity index (χ3v) is 3.92. The molecule has 1 atom stereocenters. The van der Waals surface area contributed by atoms with Crippen LogP contribution < -0.4 is 5.32 Å². The van der Waals surface area contributed by atoms with Crippen LogP contribution in [-0.2, 0) is 20.7 Å². The first-order chi connectivity index (χ1) is 12.4. The molecule has 1 aromatic carbocycles. The number of rotatable bonds is 8. The molecule has 0 bridgehead atoms. The predicted molar refractivity (Wildman–Crippen MR) is 96.5 cm³/mol. The number of hydrogen-bond donors (Lipinski definition) is 1. The number of carbonyl (C=O) groups is 2. The van der Waals surface area contributed by atoms with Crippen LogP contribution in [0.3, 0.4) is 0 Å². The number of methoxy groups -OCH3 is 1. The van der Waals surface area contributed by atoms with Gasteiger partial charge in [-0.1, -0.05) is 30.6 Å². The summed E-state index contributed by atoms with van der Waals surface area (Å²) in [4.78, 5) is 28.1. The molecule has 0 saturated heterocycles. The second-order valence-electron chi connectivity index (χ2n) is 6.29. The lowest BCUT2D eigenvalue weighted by Gasteiger charge is -2.18. The fraction of sp³-hybridized carbons (Fsp3) is 0.444. The van der Waals surface area contributed by atoms with Gasteiger partial charge in [-0.2, -0.15) is 4.98 Å². The molecular weight excluding hydrogens is 358 g/mol. The minimum Gasteiger partial charge on any atom is -0.467 e. The van der Waals surface area contributed by atoms with E-state index in [1.54, 1.807) is 24.3 Å². The average Bonchev–Trinajstić information content (AvgIpc) is 3.08. The number of nitrogens with zero attached hydrogens (tertiary/aromatic N) is 2. The number of ether oxygens (including phenoxy) is 1. The molecule has 1 amide bonds. The number of benzene rings is 1. The molecule has 2 rings (SSSR count). The third-order valence-electron chi connectivity index (χ3n) is 3.66. The smallest absolute Gasteiger partial charge is 0.328 e. The Hall–Kier alpha value is -2.41. The minimum atomic E-state index is -0.653. The molecule has 0 aliphatic heterocycles. The van der Waals surface area contributed by atoms with Gasteiger partial charge in [0.05, 0.1) is 7.11 Å². The van der Waals surface area contributed by atoms with Gasteiger partial charge >= 0.3 is 5.97 Å². The minimum absolute atomic E-state index is 0.133. The maximum absolute atomic E-state index is 12.1. The van der Waals surface area contributed by atoms with Crippen LogP contribution in [0, 0.1) is 5.92 Å².